The molecule has 1 amide bonds. The molecule has 88 valence electrons. The van der Waals surface area contributed by atoms with E-state index < -0.39 is 12.1 Å². The minimum absolute atomic E-state index is 0.0267. The van der Waals surface area contributed by atoms with Crippen molar-refractivity contribution in [3.05, 3.63) is 21.1 Å². The zero-order valence-corrected chi connectivity index (χ0v) is 10.7. The van der Waals surface area contributed by atoms with Crippen LogP contribution in [0.2, 0.25) is 0 Å². The lowest BCUT2D eigenvalue weighted by molar-refractivity contribution is -0.167. The van der Waals surface area contributed by atoms with Crippen LogP contribution in [0.1, 0.15) is 0 Å². The van der Waals surface area contributed by atoms with Crippen molar-refractivity contribution in [1.82, 2.24) is 0 Å². The van der Waals surface area contributed by atoms with E-state index in [-0.39, 0.29) is 15.8 Å². The Morgan fingerprint density at radius 3 is 2.31 bits per heavy atom. The molecule has 0 unspecified atom stereocenters. The molecule has 0 aromatic heterocycles. The normalized spacial score (nSPS) is 11.3. The predicted octanol–water partition coefficient (Wildman–Crippen LogP) is 3.29. The Hall–Kier alpha value is -0.760. The summed E-state index contributed by atoms with van der Waals surface area (Å²) in [7, 11) is 0. The quantitative estimate of drug-likeness (QED) is 0.754. The number of alkyl halides is 3. The van der Waals surface area contributed by atoms with Gasteiger partial charge in [-0.2, -0.15) is 13.2 Å². The summed E-state index contributed by atoms with van der Waals surface area (Å²) in [5.74, 6) is -2.07. The third-order valence-corrected chi connectivity index (χ3v) is 2.66. The molecule has 1 aromatic carbocycles. The van der Waals surface area contributed by atoms with E-state index in [4.69, 9.17) is 5.73 Å². The van der Waals surface area contributed by atoms with Crippen LogP contribution < -0.4 is 11.1 Å². The van der Waals surface area contributed by atoms with Gasteiger partial charge in [-0.1, -0.05) is 15.9 Å². The van der Waals surface area contributed by atoms with Gasteiger partial charge in [0, 0.05) is 8.95 Å². The first-order valence-electron chi connectivity index (χ1n) is 3.84. The molecular formula is C8H5Br2F3N2O. The highest BCUT2D eigenvalue weighted by molar-refractivity contribution is 9.11. The fraction of sp³-hybridized carbons (Fsp3) is 0.125. The minimum atomic E-state index is -4.95. The highest BCUT2D eigenvalue weighted by atomic mass is 79.9. The number of amides is 1. The maximum atomic E-state index is 12.0. The lowest BCUT2D eigenvalue weighted by atomic mass is 10.2. The highest BCUT2D eigenvalue weighted by Crippen LogP contribution is 2.33. The van der Waals surface area contributed by atoms with Crippen LogP contribution in [0.15, 0.2) is 21.1 Å². The van der Waals surface area contributed by atoms with E-state index in [1.54, 1.807) is 5.32 Å². The molecule has 0 saturated carbocycles. The molecule has 1 rings (SSSR count). The van der Waals surface area contributed by atoms with Gasteiger partial charge in [-0.3, -0.25) is 4.79 Å². The van der Waals surface area contributed by atoms with Crippen molar-refractivity contribution in [3.8, 4) is 0 Å². The molecular weight excluding hydrogens is 357 g/mol. The van der Waals surface area contributed by atoms with Crippen molar-refractivity contribution in [2.45, 2.75) is 6.18 Å². The van der Waals surface area contributed by atoms with Crippen molar-refractivity contribution in [2.75, 3.05) is 11.1 Å². The number of rotatable bonds is 1. The fourth-order valence-corrected chi connectivity index (χ4v) is 2.27. The molecule has 0 radical (unpaired) electrons. The van der Waals surface area contributed by atoms with Crippen molar-refractivity contribution in [3.63, 3.8) is 0 Å². The Morgan fingerprint density at radius 1 is 1.31 bits per heavy atom. The molecule has 3 N–H and O–H groups in total. The second-order valence-electron chi connectivity index (χ2n) is 2.80. The molecule has 0 fully saturated rings. The van der Waals surface area contributed by atoms with E-state index in [1.165, 1.54) is 12.1 Å². The molecule has 0 atom stereocenters. The summed E-state index contributed by atoms with van der Waals surface area (Å²) in [6.45, 7) is 0. The lowest BCUT2D eigenvalue weighted by Crippen LogP contribution is -2.30. The average molecular weight is 362 g/mol. The predicted molar refractivity (Wildman–Crippen MR) is 60.9 cm³/mol. The maximum absolute atomic E-state index is 12.0. The van der Waals surface area contributed by atoms with Crippen LogP contribution in [0.25, 0.3) is 0 Å². The number of hydrogen-bond acceptors (Lipinski definition) is 2. The zero-order valence-electron chi connectivity index (χ0n) is 7.53. The van der Waals surface area contributed by atoms with Gasteiger partial charge in [0.2, 0.25) is 0 Å². The van der Waals surface area contributed by atoms with E-state index >= 15 is 0 Å². The summed E-state index contributed by atoms with van der Waals surface area (Å²) in [5, 5.41) is 1.69. The van der Waals surface area contributed by atoms with Gasteiger partial charge in [-0.25, -0.2) is 0 Å². The summed E-state index contributed by atoms with van der Waals surface area (Å²) in [6, 6.07) is 2.86. The van der Waals surface area contributed by atoms with Gasteiger partial charge in [0.15, 0.2) is 0 Å². The standard InChI is InChI=1S/C8H5Br2F3N2O/c9-3-1-4(10)6(5(14)2-3)15-7(16)8(11,12)13/h1-2H,14H2,(H,15,16). The van der Waals surface area contributed by atoms with Crippen LogP contribution >= 0.6 is 31.9 Å². The number of benzene rings is 1. The second kappa shape index (κ2) is 4.62. The molecule has 1 aromatic rings. The smallest absolute Gasteiger partial charge is 0.397 e. The van der Waals surface area contributed by atoms with Gasteiger partial charge < -0.3 is 11.1 Å². The summed E-state index contributed by atoms with van der Waals surface area (Å²) in [4.78, 5) is 10.7. The van der Waals surface area contributed by atoms with Crippen molar-refractivity contribution >= 4 is 49.1 Å². The van der Waals surface area contributed by atoms with E-state index in [1.807, 2.05) is 0 Å². The SMILES string of the molecule is Nc1cc(Br)cc(Br)c1NC(=O)C(F)(F)F. The number of anilines is 2. The Balaban J connectivity index is 3.03. The van der Waals surface area contributed by atoms with Gasteiger partial charge in [-0.05, 0) is 28.1 Å². The fourth-order valence-electron chi connectivity index (χ4n) is 0.910. The van der Waals surface area contributed by atoms with Crippen molar-refractivity contribution < 1.29 is 18.0 Å². The monoisotopic (exact) mass is 360 g/mol. The minimum Gasteiger partial charge on any atom is -0.397 e. The van der Waals surface area contributed by atoms with Crippen LogP contribution in [0.3, 0.4) is 0 Å². The Bertz CT molecular complexity index is 411. The Kier molecular flexibility index (Phi) is 3.84. The highest BCUT2D eigenvalue weighted by Gasteiger charge is 2.39. The summed E-state index contributed by atoms with van der Waals surface area (Å²) in [6.07, 6.45) is -4.95. The zero-order chi connectivity index (χ0) is 12.5. The van der Waals surface area contributed by atoms with Gasteiger partial charge in [0.25, 0.3) is 0 Å². The van der Waals surface area contributed by atoms with E-state index in [0.717, 1.165) is 0 Å². The van der Waals surface area contributed by atoms with Gasteiger partial charge in [0.1, 0.15) is 0 Å². The molecule has 0 aliphatic rings. The summed E-state index contributed by atoms with van der Waals surface area (Å²) < 4.78 is 36.8. The molecule has 0 aliphatic heterocycles. The third-order valence-electron chi connectivity index (χ3n) is 1.58. The van der Waals surface area contributed by atoms with Gasteiger partial charge >= 0.3 is 12.1 Å². The Morgan fingerprint density at radius 2 is 1.88 bits per heavy atom. The summed E-state index contributed by atoms with van der Waals surface area (Å²) in [5.41, 5.74) is 5.39. The largest absolute Gasteiger partial charge is 0.471 e. The average Bonchev–Trinajstić information content (AvgIpc) is 2.08. The van der Waals surface area contributed by atoms with Crippen LogP contribution in [0, 0.1) is 0 Å². The van der Waals surface area contributed by atoms with Gasteiger partial charge in [0.05, 0.1) is 11.4 Å². The van der Waals surface area contributed by atoms with E-state index in [0.29, 0.717) is 4.47 Å². The first-order chi connectivity index (χ1) is 7.21. The second-order valence-corrected chi connectivity index (χ2v) is 4.57. The lowest BCUT2D eigenvalue weighted by Gasteiger charge is -2.12. The molecule has 3 nitrogen and oxygen atoms in total. The topological polar surface area (TPSA) is 55.1 Å². The molecule has 0 bridgehead atoms. The van der Waals surface area contributed by atoms with Crippen molar-refractivity contribution in [1.29, 1.82) is 0 Å². The van der Waals surface area contributed by atoms with E-state index in [9.17, 15) is 18.0 Å². The van der Waals surface area contributed by atoms with Crippen LogP contribution in [-0.4, -0.2) is 12.1 Å². The number of nitrogen functional groups attached to an aromatic ring is 1. The molecule has 0 aliphatic carbocycles. The molecule has 0 spiro atoms. The number of nitrogens with one attached hydrogen (secondary N) is 1. The van der Waals surface area contributed by atoms with E-state index in [2.05, 4.69) is 31.9 Å². The third kappa shape index (κ3) is 3.11. The number of halogens is 5. The van der Waals surface area contributed by atoms with Crippen molar-refractivity contribution in [2.24, 2.45) is 0 Å². The van der Waals surface area contributed by atoms with Crippen LogP contribution in [-0.2, 0) is 4.79 Å². The molecule has 8 heteroatoms. The van der Waals surface area contributed by atoms with Gasteiger partial charge in [-0.15, -0.1) is 0 Å². The molecule has 0 heterocycles. The van der Waals surface area contributed by atoms with Crippen LogP contribution in [0.5, 0.6) is 0 Å². The number of nitrogens with two attached hydrogens (primary N) is 1. The molecule has 0 saturated heterocycles. The molecule has 16 heavy (non-hydrogen) atoms. The maximum Gasteiger partial charge on any atom is 0.471 e. The number of carbonyl (C=O) groups is 1. The number of carbonyl (C=O) groups excluding carboxylic acids is 1. The number of hydrogen-bond donors (Lipinski definition) is 2. The first kappa shape index (κ1) is 13.3. The summed E-state index contributed by atoms with van der Waals surface area (Å²) >= 11 is 6.11. The first-order valence-corrected chi connectivity index (χ1v) is 5.43. The Labute approximate surface area is 105 Å². The van der Waals surface area contributed by atoms with Crippen LogP contribution in [0.4, 0.5) is 24.5 Å².